The number of amides is 2. The van der Waals surface area contributed by atoms with Crippen molar-refractivity contribution in [3.63, 3.8) is 0 Å². The molecule has 0 saturated heterocycles. The number of hydrogen-bond acceptors (Lipinski definition) is 5. The molecule has 2 amide bonds. The number of rotatable bonds is 5. The second-order valence-corrected chi connectivity index (χ2v) is 5.84. The van der Waals surface area contributed by atoms with E-state index in [0.717, 1.165) is 16.9 Å². The number of benzene rings is 1. The van der Waals surface area contributed by atoms with Crippen molar-refractivity contribution in [2.24, 2.45) is 0 Å². The molecule has 1 aliphatic rings. The average Bonchev–Trinajstić information content (AvgIpc) is 2.97. The van der Waals surface area contributed by atoms with Crippen molar-refractivity contribution in [2.75, 3.05) is 16.0 Å². The normalized spacial score (nSPS) is 14.5. The van der Waals surface area contributed by atoms with Gasteiger partial charge in [0, 0.05) is 23.9 Å². The number of hydrogen-bond donors (Lipinski definition) is 3. The highest BCUT2D eigenvalue weighted by atomic mass is 16.5. The fourth-order valence-electron chi connectivity index (χ4n) is 2.67. The second-order valence-electron chi connectivity index (χ2n) is 5.84. The Balaban J connectivity index is 1.68. The molecule has 1 aromatic heterocycles. The van der Waals surface area contributed by atoms with Crippen LogP contribution in [0, 0.1) is 6.92 Å². The van der Waals surface area contributed by atoms with Gasteiger partial charge in [-0.1, -0.05) is 12.1 Å². The lowest BCUT2D eigenvalue weighted by molar-refractivity contribution is -0.117. The molecule has 0 radical (unpaired) electrons. The Bertz CT molecular complexity index is 769. The first kappa shape index (κ1) is 16.0. The van der Waals surface area contributed by atoms with E-state index in [1.54, 1.807) is 13.0 Å². The van der Waals surface area contributed by atoms with Crippen LogP contribution in [0.1, 0.15) is 31.1 Å². The number of fused-ring (bicyclic) bond motifs is 1. The van der Waals surface area contributed by atoms with Crippen LogP contribution in [0.3, 0.4) is 0 Å². The van der Waals surface area contributed by atoms with Gasteiger partial charge in [-0.2, -0.15) is 0 Å². The summed E-state index contributed by atoms with van der Waals surface area (Å²) in [4.78, 5) is 23.8. The molecule has 0 fully saturated rings. The van der Waals surface area contributed by atoms with Crippen LogP contribution >= 0.6 is 0 Å². The first-order chi connectivity index (χ1) is 11.5. The smallest absolute Gasteiger partial charge is 0.248 e. The Morgan fingerprint density at radius 2 is 2.21 bits per heavy atom. The summed E-state index contributed by atoms with van der Waals surface area (Å²) in [5.74, 6) is 0.919. The summed E-state index contributed by atoms with van der Waals surface area (Å²) in [6.07, 6.45) is 1.81. The van der Waals surface area contributed by atoms with Gasteiger partial charge < -0.3 is 20.5 Å². The minimum Gasteiger partial charge on any atom is -0.374 e. The zero-order chi connectivity index (χ0) is 17.1. The van der Waals surface area contributed by atoms with Gasteiger partial charge in [0.1, 0.15) is 11.8 Å². The van der Waals surface area contributed by atoms with E-state index in [4.69, 9.17) is 4.52 Å². The first-order valence-corrected chi connectivity index (χ1v) is 7.98. The monoisotopic (exact) mass is 328 g/mol. The minimum atomic E-state index is -0.391. The molecule has 0 saturated carbocycles. The molecular weight excluding hydrogens is 308 g/mol. The van der Waals surface area contributed by atoms with E-state index < -0.39 is 6.04 Å². The maximum Gasteiger partial charge on any atom is 0.248 e. The number of aromatic nitrogens is 1. The van der Waals surface area contributed by atoms with Crippen LogP contribution in [-0.4, -0.2) is 23.0 Å². The topological polar surface area (TPSA) is 96.3 Å². The van der Waals surface area contributed by atoms with Gasteiger partial charge in [-0.05, 0) is 43.5 Å². The molecule has 1 aromatic carbocycles. The van der Waals surface area contributed by atoms with Gasteiger partial charge in [0.15, 0.2) is 5.82 Å². The van der Waals surface area contributed by atoms with Crippen molar-refractivity contribution in [1.29, 1.82) is 0 Å². The molecule has 1 atom stereocenters. The molecule has 7 heteroatoms. The second kappa shape index (κ2) is 6.74. The molecule has 0 bridgehead atoms. The SMILES string of the molecule is CC[C@H](Nc1ccc2c(c1)CCC(=O)N2)C(=O)Nc1cc(C)on1. The molecule has 2 heterocycles. The summed E-state index contributed by atoms with van der Waals surface area (Å²) in [6, 6.07) is 6.98. The van der Waals surface area contributed by atoms with Crippen LogP contribution < -0.4 is 16.0 Å². The van der Waals surface area contributed by atoms with Crippen LogP contribution in [0.25, 0.3) is 0 Å². The predicted octanol–water partition coefficient (Wildman–Crippen LogP) is 2.70. The summed E-state index contributed by atoms with van der Waals surface area (Å²) in [5, 5.41) is 12.6. The van der Waals surface area contributed by atoms with Gasteiger partial charge in [0.05, 0.1) is 0 Å². The van der Waals surface area contributed by atoms with Crippen molar-refractivity contribution in [2.45, 2.75) is 39.2 Å². The summed E-state index contributed by atoms with van der Waals surface area (Å²) in [7, 11) is 0. The standard InChI is InChI=1S/C17H20N4O3/c1-3-13(17(23)20-15-8-10(2)24-21-15)18-12-5-6-14-11(9-12)4-7-16(22)19-14/h5-6,8-9,13,18H,3-4,7H2,1-2H3,(H,19,22)(H,20,21,23)/t13-/m0/s1. The third kappa shape index (κ3) is 3.56. The fourth-order valence-corrected chi connectivity index (χ4v) is 2.67. The molecule has 3 N–H and O–H groups in total. The maximum absolute atomic E-state index is 12.4. The summed E-state index contributed by atoms with van der Waals surface area (Å²) in [6.45, 7) is 3.70. The molecule has 0 aliphatic carbocycles. The van der Waals surface area contributed by atoms with Gasteiger partial charge in [-0.25, -0.2) is 0 Å². The Morgan fingerprint density at radius 3 is 2.92 bits per heavy atom. The van der Waals surface area contributed by atoms with E-state index >= 15 is 0 Å². The highest BCUT2D eigenvalue weighted by molar-refractivity contribution is 5.96. The number of nitrogens with zero attached hydrogens (tertiary/aromatic N) is 1. The van der Waals surface area contributed by atoms with Gasteiger partial charge in [-0.3, -0.25) is 9.59 Å². The highest BCUT2D eigenvalue weighted by Gasteiger charge is 2.19. The maximum atomic E-state index is 12.4. The van der Waals surface area contributed by atoms with E-state index in [2.05, 4.69) is 21.1 Å². The zero-order valence-corrected chi connectivity index (χ0v) is 13.7. The van der Waals surface area contributed by atoms with E-state index in [-0.39, 0.29) is 11.8 Å². The molecular formula is C17H20N4O3. The zero-order valence-electron chi connectivity index (χ0n) is 13.7. The largest absolute Gasteiger partial charge is 0.374 e. The molecule has 2 aromatic rings. The molecule has 7 nitrogen and oxygen atoms in total. The molecule has 1 aliphatic heterocycles. The van der Waals surface area contributed by atoms with Gasteiger partial charge >= 0.3 is 0 Å². The minimum absolute atomic E-state index is 0.0388. The van der Waals surface area contributed by atoms with E-state index in [1.807, 2.05) is 25.1 Å². The molecule has 0 spiro atoms. The number of carbonyl (C=O) groups excluding carboxylic acids is 2. The predicted molar refractivity (Wildman–Crippen MR) is 91.0 cm³/mol. The van der Waals surface area contributed by atoms with Crippen molar-refractivity contribution in [1.82, 2.24) is 5.16 Å². The fraction of sp³-hybridized carbons (Fsp3) is 0.353. The quantitative estimate of drug-likeness (QED) is 0.784. The molecule has 24 heavy (non-hydrogen) atoms. The van der Waals surface area contributed by atoms with E-state index in [1.165, 1.54) is 0 Å². The Kier molecular flexibility index (Phi) is 4.50. The number of aryl methyl sites for hydroxylation is 2. The number of anilines is 3. The first-order valence-electron chi connectivity index (χ1n) is 7.98. The van der Waals surface area contributed by atoms with Crippen molar-refractivity contribution in [3.8, 4) is 0 Å². The Labute approximate surface area is 139 Å². The van der Waals surface area contributed by atoms with Crippen molar-refractivity contribution < 1.29 is 14.1 Å². The molecule has 0 unspecified atom stereocenters. The van der Waals surface area contributed by atoms with Gasteiger partial charge in [0.2, 0.25) is 11.8 Å². The van der Waals surface area contributed by atoms with Crippen LogP contribution in [0.15, 0.2) is 28.8 Å². The number of nitrogens with one attached hydrogen (secondary N) is 3. The van der Waals surface area contributed by atoms with Gasteiger partial charge in [-0.15, -0.1) is 0 Å². The lowest BCUT2D eigenvalue weighted by Gasteiger charge is -2.21. The highest BCUT2D eigenvalue weighted by Crippen LogP contribution is 2.26. The lowest BCUT2D eigenvalue weighted by Crippen LogP contribution is -2.34. The van der Waals surface area contributed by atoms with Crippen molar-refractivity contribution in [3.05, 3.63) is 35.6 Å². The van der Waals surface area contributed by atoms with Crippen LogP contribution in [-0.2, 0) is 16.0 Å². The lowest BCUT2D eigenvalue weighted by atomic mass is 10.0. The van der Waals surface area contributed by atoms with Crippen LogP contribution in [0.4, 0.5) is 17.2 Å². The van der Waals surface area contributed by atoms with Gasteiger partial charge in [0.25, 0.3) is 0 Å². The average molecular weight is 328 g/mol. The van der Waals surface area contributed by atoms with Crippen molar-refractivity contribution >= 4 is 29.0 Å². The Hall–Kier alpha value is -2.83. The Morgan fingerprint density at radius 1 is 1.38 bits per heavy atom. The van der Waals surface area contributed by atoms with Crippen LogP contribution in [0.5, 0.6) is 0 Å². The third-order valence-corrected chi connectivity index (χ3v) is 3.95. The number of carbonyl (C=O) groups is 2. The molecule has 3 rings (SSSR count). The summed E-state index contributed by atoms with van der Waals surface area (Å²) >= 11 is 0. The van der Waals surface area contributed by atoms with E-state index in [0.29, 0.717) is 30.8 Å². The van der Waals surface area contributed by atoms with E-state index in [9.17, 15) is 9.59 Å². The summed E-state index contributed by atoms with van der Waals surface area (Å²) < 4.78 is 4.95. The van der Waals surface area contributed by atoms with Crippen LogP contribution in [0.2, 0.25) is 0 Å². The summed E-state index contributed by atoms with van der Waals surface area (Å²) in [5.41, 5.74) is 2.76. The molecule has 126 valence electrons. The third-order valence-electron chi connectivity index (χ3n) is 3.95.